The van der Waals surface area contributed by atoms with Crippen LogP contribution in [0.1, 0.15) is 45.1 Å². The van der Waals surface area contributed by atoms with Crippen LogP contribution in [0.25, 0.3) is 0 Å². The summed E-state index contributed by atoms with van der Waals surface area (Å²) in [6.07, 6.45) is 5.13. The summed E-state index contributed by atoms with van der Waals surface area (Å²) in [4.78, 5) is 0. The van der Waals surface area contributed by atoms with Gasteiger partial charge in [-0.2, -0.15) is 0 Å². The molecule has 2 rings (SSSR count). The molecule has 0 aliphatic heterocycles. The summed E-state index contributed by atoms with van der Waals surface area (Å²) in [6.45, 7) is 4.53. The molecule has 0 bridgehead atoms. The first-order valence-corrected chi connectivity index (χ1v) is 6.95. The Bertz CT molecular complexity index is 458. The SMILES string of the molecule is COc1ccc(CC2(N)CCCC(C)(C)C2)cc1F. The highest BCUT2D eigenvalue weighted by Crippen LogP contribution is 2.41. The molecule has 1 aromatic rings. The van der Waals surface area contributed by atoms with Gasteiger partial charge in [0.1, 0.15) is 0 Å². The third-order valence-corrected chi connectivity index (χ3v) is 4.13. The molecule has 0 saturated heterocycles. The summed E-state index contributed by atoms with van der Waals surface area (Å²) in [5, 5.41) is 0. The van der Waals surface area contributed by atoms with Gasteiger partial charge in [-0.3, -0.25) is 0 Å². The van der Waals surface area contributed by atoms with Crippen LogP contribution in [0.4, 0.5) is 4.39 Å². The van der Waals surface area contributed by atoms with Gasteiger partial charge in [0.05, 0.1) is 7.11 Å². The van der Waals surface area contributed by atoms with E-state index in [-0.39, 0.29) is 16.8 Å². The standard InChI is InChI=1S/C16H24FNO/c1-15(2)7-4-8-16(18,11-15)10-12-5-6-14(19-3)13(17)9-12/h5-6,9H,4,7-8,10-11,18H2,1-3H3. The first-order chi connectivity index (χ1) is 8.84. The third kappa shape index (κ3) is 3.47. The maximum Gasteiger partial charge on any atom is 0.165 e. The van der Waals surface area contributed by atoms with Crippen LogP contribution in [-0.4, -0.2) is 12.6 Å². The molecule has 1 atom stereocenters. The van der Waals surface area contributed by atoms with Crippen LogP contribution in [0.2, 0.25) is 0 Å². The molecular weight excluding hydrogens is 241 g/mol. The molecule has 3 heteroatoms. The molecule has 0 radical (unpaired) electrons. The van der Waals surface area contributed by atoms with Crippen LogP contribution in [0.15, 0.2) is 18.2 Å². The zero-order chi connectivity index (χ0) is 14.1. The molecule has 1 unspecified atom stereocenters. The minimum absolute atomic E-state index is 0.206. The second-order valence-electron chi connectivity index (χ2n) is 6.70. The summed E-state index contributed by atoms with van der Waals surface area (Å²) in [5.74, 6) is -0.0162. The Balaban J connectivity index is 2.14. The first kappa shape index (κ1) is 14.3. The number of methoxy groups -OCH3 is 1. The van der Waals surface area contributed by atoms with Crippen molar-refractivity contribution in [1.29, 1.82) is 0 Å². The highest BCUT2D eigenvalue weighted by atomic mass is 19.1. The maximum atomic E-state index is 13.7. The van der Waals surface area contributed by atoms with Crippen molar-refractivity contribution in [3.63, 3.8) is 0 Å². The van der Waals surface area contributed by atoms with E-state index in [2.05, 4.69) is 13.8 Å². The van der Waals surface area contributed by atoms with Crippen LogP contribution < -0.4 is 10.5 Å². The summed E-state index contributed by atoms with van der Waals surface area (Å²) >= 11 is 0. The van der Waals surface area contributed by atoms with Crippen molar-refractivity contribution in [2.45, 2.75) is 51.5 Å². The molecule has 1 aromatic carbocycles. The van der Waals surface area contributed by atoms with Crippen molar-refractivity contribution < 1.29 is 9.13 Å². The maximum absolute atomic E-state index is 13.7. The van der Waals surface area contributed by atoms with Gasteiger partial charge in [0, 0.05) is 5.54 Å². The Morgan fingerprint density at radius 2 is 2.05 bits per heavy atom. The molecule has 0 aromatic heterocycles. The molecule has 2 nitrogen and oxygen atoms in total. The molecule has 0 heterocycles. The molecule has 1 aliphatic rings. The van der Waals surface area contributed by atoms with E-state index in [9.17, 15) is 4.39 Å². The van der Waals surface area contributed by atoms with E-state index in [4.69, 9.17) is 10.5 Å². The lowest BCUT2D eigenvalue weighted by molar-refractivity contribution is 0.151. The largest absolute Gasteiger partial charge is 0.494 e. The lowest BCUT2D eigenvalue weighted by Gasteiger charge is -2.42. The van der Waals surface area contributed by atoms with Crippen LogP contribution in [-0.2, 0) is 6.42 Å². The number of rotatable bonds is 3. The van der Waals surface area contributed by atoms with E-state index in [0.29, 0.717) is 5.75 Å². The predicted octanol–water partition coefficient (Wildman–Crippen LogP) is 3.67. The Kier molecular flexibility index (Phi) is 3.86. The van der Waals surface area contributed by atoms with Crippen LogP contribution in [0, 0.1) is 11.2 Å². The van der Waals surface area contributed by atoms with Gasteiger partial charge in [0.15, 0.2) is 11.6 Å². The van der Waals surface area contributed by atoms with E-state index in [0.717, 1.165) is 31.2 Å². The van der Waals surface area contributed by atoms with E-state index < -0.39 is 0 Å². The fraction of sp³-hybridized carbons (Fsp3) is 0.625. The predicted molar refractivity (Wildman–Crippen MR) is 75.8 cm³/mol. The molecular formula is C16H24FNO. The van der Waals surface area contributed by atoms with Gasteiger partial charge in [-0.15, -0.1) is 0 Å². The number of nitrogens with two attached hydrogens (primary N) is 1. The molecule has 106 valence electrons. The van der Waals surface area contributed by atoms with Crippen molar-refractivity contribution in [3.8, 4) is 5.75 Å². The Labute approximate surface area is 115 Å². The number of benzene rings is 1. The smallest absolute Gasteiger partial charge is 0.165 e. The number of hydrogen-bond donors (Lipinski definition) is 1. The highest BCUT2D eigenvalue weighted by Gasteiger charge is 2.37. The molecule has 0 spiro atoms. The number of hydrogen-bond acceptors (Lipinski definition) is 2. The fourth-order valence-corrected chi connectivity index (χ4v) is 3.43. The number of ether oxygens (including phenoxy) is 1. The van der Waals surface area contributed by atoms with Gasteiger partial charge in [-0.25, -0.2) is 4.39 Å². The second-order valence-corrected chi connectivity index (χ2v) is 6.70. The van der Waals surface area contributed by atoms with Crippen LogP contribution in [0.5, 0.6) is 5.75 Å². The van der Waals surface area contributed by atoms with E-state index in [1.807, 2.05) is 6.07 Å². The monoisotopic (exact) mass is 265 g/mol. The summed E-state index contributed by atoms with van der Waals surface area (Å²) in [6, 6.07) is 5.15. The Morgan fingerprint density at radius 1 is 1.32 bits per heavy atom. The van der Waals surface area contributed by atoms with Gasteiger partial charge in [-0.05, 0) is 48.8 Å². The molecule has 2 N–H and O–H groups in total. The van der Waals surface area contributed by atoms with Gasteiger partial charge in [0.2, 0.25) is 0 Å². The van der Waals surface area contributed by atoms with Gasteiger partial charge in [-0.1, -0.05) is 26.3 Å². The average Bonchev–Trinajstić information content (AvgIpc) is 2.26. The molecule has 1 saturated carbocycles. The van der Waals surface area contributed by atoms with Crippen LogP contribution >= 0.6 is 0 Å². The van der Waals surface area contributed by atoms with Gasteiger partial charge < -0.3 is 10.5 Å². The Hall–Kier alpha value is -1.09. The van der Waals surface area contributed by atoms with Crippen molar-refractivity contribution >= 4 is 0 Å². The second kappa shape index (κ2) is 5.12. The van der Waals surface area contributed by atoms with E-state index >= 15 is 0 Å². The van der Waals surface area contributed by atoms with E-state index in [1.165, 1.54) is 13.5 Å². The molecule has 1 fully saturated rings. The minimum Gasteiger partial charge on any atom is -0.494 e. The zero-order valence-electron chi connectivity index (χ0n) is 12.1. The Morgan fingerprint density at radius 3 is 2.63 bits per heavy atom. The van der Waals surface area contributed by atoms with Gasteiger partial charge in [0.25, 0.3) is 0 Å². The minimum atomic E-state index is -0.307. The molecule has 0 amide bonds. The first-order valence-electron chi connectivity index (χ1n) is 6.95. The van der Waals surface area contributed by atoms with Crippen molar-refractivity contribution in [3.05, 3.63) is 29.6 Å². The van der Waals surface area contributed by atoms with E-state index in [1.54, 1.807) is 12.1 Å². The lowest BCUT2D eigenvalue weighted by atomic mass is 9.66. The summed E-state index contributed by atoms with van der Waals surface area (Å²) in [7, 11) is 1.48. The van der Waals surface area contributed by atoms with Crippen LogP contribution in [0.3, 0.4) is 0 Å². The normalized spacial score (nSPS) is 26.2. The third-order valence-electron chi connectivity index (χ3n) is 4.13. The topological polar surface area (TPSA) is 35.2 Å². The zero-order valence-corrected chi connectivity index (χ0v) is 12.1. The number of halogens is 1. The summed E-state index contributed by atoms with van der Waals surface area (Å²) in [5.41, 5.74) is 7.57. The highest BCUT2D eigenvalue weighted by molar-refractivity contribution is 5.30. The summed E-state index contributed by atoms with van der Waals surface area (Å²) < 4.78 is 18.7. The van der Waals surface area contributed by atoms with Crippen molar-refractivity contribution in [2.75, 3.05) is 7.11 Å². The van der Waals surface area contributed by atoms with Gasteiger partial charge >= 0.3 is 0 Å². The average molecular weight is 265 g/mol. The van der Waals surface area contributed by atoms with Crippen molar-refractivity contribution in [2.24, 2.45) is 11.1 Å². The fourth-order valence-electron chi connectivity index (χ4n) is 3.43. The molecule has 19 heavy (non-hydrogen) atoms. The lowest BCUT2D eigenvalue weighted by Crippen LogP contribution is -2.48. The quantitative estimate of drug-likeness (QED) is 0.905. The van der Waals surface area contributed by atoms with Crippen molar-refractivity contribution in [1.82, 2.24) is 0 Å². The molecule has 1 aliphatic carbocycles.